The van der Waals surface area contributed by atoms with E-state index >= 15 is 0 Å². The number of hydrogen-bond acceptors (Lipinski definition) is 3. The second-order valence-corrected chi connectivity index (χ2v) is 5.37. The van der Waals surface area contributed by atoms with E-state index in [1.165, 1.54) is 6.07 Å². The Labute approximate surface area is 118 Å². The Bertz CT molecular complexity index is 471. The topological polar surface area (TPSA) is 52.6 Å². The number of nitrogens with zero attached hydrogens (tertiary/aromatic N) is 1. The van der Waals surface area contributed by atoms with E-state index in [0.717, 1.165) is 31.5 Å². The lowest BCUT2D eigenvalue weighted by molar-refractivity contribution is -0.122. The van der Waals surface area contributed by atoms with Gasteiger partial charge in [-0.1, -0.05) is 12.1 Å². The monoisotopic (exact) mass is 280 g/mol. The number of amides is 1. The number of hydrogen-bond donors (Lipinski definition) is 2. The summed E-state index contributed by atoms with van der Waals surface area (Å²) in [7, 11) is 0. The first kappa shape index (κ1) is 14.9. The molecule has 2 N–H and O–H groups in total. The van der Waals surface area contributed by atoms with Gasteiger partial charge in [0.25, 0.3) is 0 Å². The fourth-order valence-electron chi connectivity index (χ4n) is 2.28. The SMILES string of the molecule is Cc1ccc(CNC(=O)CN2CCC(O)CC2)cc1F. The maximum absolute atomic E-state index is 13.4. The minimum Gasteiger partial charge on any atom is -0.393 e. The summed E-state index contributed by atoms with van der Waals surface area (Å²) in [5.41, 5.74) is 1.36. The fraction of sp³-hybridized carbons (Fsp3) is 0.533. The van der Waals surface area contributed by atoms with Gasteiger partial charge in [-0.2, -0.15) is 0 Å². The van der Waals surface area contributed by atoms with Crippen LogP contribution >= 0.6 is 0 Å². The first-order chi connectivity index (χ1) is 9.54. The van der Waals surface area contributed by atoms with Crippen molar-refractivity contribution >= 4 is 5.91 Å². The molecular weight excluding hydrogens is 259 g/mol. The van der Waals surface area contributed by atoms with Crippen LogP contribution in [0.2, 0.25) is 0 Å². The molecule has 1 amide bonds. The molecule has 1 aromatic rings. The first-order valence-electron chi connectivity index (χ1n) is 6.97. The van der Waals surface area contributed by atoms with Crippen molar-refractivity contribution in [1.29, 1.82) is 0 Å². The van der Waals surface area contributed by atoms with E-state index in [-0.39, 0.29) is 17.8 Å². The van der Waals surface area contributed by atoms with E-state index in [0.29, 0.717) is 18.7 Å². The van der Waals surface area contributed by atoms with Gasteiger partial charge < -0.3 is 10.4 Å². The number of halogens is 1. The van der Waals surface area contributed by atoms with E-state index in [9.17, 15) is 14.3 Å². The first-order valence-corrected chi connectivity index (χ1v) is 6.97. The van der Waals surface area contributed by atoms with Crippen molar-refractivity contribution in [1.82, 2.24) is 10.2 Å². The van der Waals surface area contributed by atoms with Gasteiger partial charge >= 0.3 is 0 Å². The van der Waals surface area contributed by atoms with Crippen molar-refractivity contribution < 1.29 is 14.3 Å². The summed E-state index contributed by atoms with van der Waals surface area (Å²) in [6.07, 6.45) is 1.21. The van der Waals surface area contributed by atoms with Crippen LogP contribution in [0.1, 0.15) is 24.0 Å². The van der Waals surface area contributed by atoms with Gasteiger partial charge in [0.1, 0.15) is 5.82 Å². The standard InChI is InChI=1S/C15H21FN2O2/c1-11-2-3-12(8-14(11)16)9-17-15(20)10-18-6-4-13(19)5-7-18/h2-3,8,13,19H,4-7,9-10H2,1H3,(H,17,20). The van der Waals surface area contributed by atoms with Crippen LogP contribution in [0, 0.1) is 12.7 Å². The average Bonchev–Trinajstić information content (AvgIpc) is 2.43. The van der Waals surface area contributed by atoms with Crippen LogP contribution in [0.25, 0.3) is 0 Å². The molecule has 20 heavy (non-hydrogen) atoms. The Morgan fingerprint density at radius 1 is 1.45 bits per heavy atom. The highest BCUT2D eigenvalue weighted by Crippen LogP contribution is 2.10. The van der Waals surface area contributed by atoms with Crippen molar-refractivity contribution in [2.24, 2.45) is 0 Å². The number of nitrogens with one attached hydrogen (secondary N) is 1. The maximum Gasteiger partial charge on any atom is 0.234 e. The fourth-order valence-corrected chi connectivity index (χ4v) is 2.28. The Kier molecular flexibility index (Phi) is 5.09. The molecule has 0 unspecified atom stereocenters. The van der Waals surface area contributed by atoms with Crippen LogP contribution in [0.5, 0.6) is 0 Å². The molecular formula is C15H21FN2O2. The Morgan fingerprint density at radius 2 is 2.15 bits per heavy atom. The molecule has 1 aliphatic rings. The van der Waals surface area contributed by atoms with E-state index in [1.807, 2.05) is 11.0 Å². The van der Waals surface area contributed by atoms with Gasteiger partial charge in [-0.3, -0.25) is 9.69 Å². The molecule has 5 heteroatoms. The zero-order valence-corrected chi connectivity index (χ0v) is 11.7. The highest BCUT2D eigenvalue weighted by Gasteiger charge is 2.18. The van der Waals surface area contributed by atoms with Crippen molar-refractivity contribution in [2.45, 2.75) is 32.4 Å². The number of carbonyl (C=O) groups excluding carboxylic acids is 1. The van der Waals surface area contributed by atoms with Crippen LogP contribution in [-0.4, -0.2) is 41.7 Å². The number of benzene rings is 1. The summed E-state index contributed by atoms with van der Waals surface area (Å²) in [6, 6.07) is 4.98. The summed E-state index contributed by atoms with van der Waals surface area (Å²) < 4.78 is 13.4. The normalized spacial score (nSPS) is 17.1. The summed E-state index contributed by atoms with van der Waals surface area (Å²) in [4.78, 5) is 13.8. The number of likely N-dealkylation sites (tertiary alicyclic amines) is 1. The molecule has 1 aliphatic heterocycles. The molecule has 1 fully saturated rings. The van der Waals surface area contributed by atoms with E-state index in [2.05, 4.69) is 5.32 Å². The van der Waals surface area contributed by atoms with Gasteiger partial charge in [-0.25, -0.2) is 4.39 Å². The molecule has 0 aromatic heterocycles. The largest absolute Gasteiger partial charge is 0.393 e. The van der Waals surface area contributed by atoms with Crippen LogP contribution in [-0.2, 0) is 11.3 Å². The summed E-state index contributed by atoms with van der Waals surface area (Å²) >= 11 is 0. The minimum atomic E-state index is -0.248. The smallest absolute Gasteiger partial charge is 0.234 e. The van der Waals surface area contributed by atoms with Crippen LogP contribution < -0.4 is 5.32 Å². The van der Waals surface area contributed by atoms with Gasteiger partial charge in [0.15, 0.2) is 0 Å². The average molecular weight is 280 g/mol. The third-order valence-electron chi connectivity index (χ3n) is 3.65. The third kappa shape index (κ3) is 4.28. The predicted octanol–water partition coefficient (Wildman–Crippen LogP) is 1.21. The third-order valence-corrected chi connectivity index (χ3v) is 3.65. The van der Waals surface area contributed by atoms with Gasteiger partial charge in [0.05, 0.1) is 12.6 Å². The molecule has 0 spiro atoms. The molecule has 0 aliphatic carbocycles. The van der Waals surface area contributed by atoms with Crippen LogP contribution in [0.3, 0.4) is 0 Å². The molecule has 1 heterocycles. The molecule has 0 saturated carbocycles. The Morgan fingerprint density at radius 3 is 2.80 bits per heavy atom. The molecule has 2 rings (SSSR count). The van der Waals surface area contributed by atoms with Crippen LogP contribution in [0.15, 0.2) is 18.2 Å². The van der Waals surface area contributed by atoms with E-state index in [4.69, 9.17) is 0 Å². The lowest BCUT2D eigenvalue weighted by Crippen LogP contribution is -2.42. The molecule has 1 saturated heterocycles. The molecule has 110 valence electrons. The van der Waals surface area contributed by atoms with E-state index in [1.54, 1.807) is 13.0 Å². The van der Waals surface area contributed by atoms with Crippen molar-refractivity contribution in [2.75, 3.05) is 19.6 Å². The van der Waals surface area contributed by atoms with Crippen molar-refractivity contribution in [3.05, 3.63) is 35.1 Å². The summed E-state index contributed by atoms with van der Waals surface area (Å²) in [5.74, 6) is -0.316. The molecule has 0 radical (unpaired) electrons. The summed E-state index contributed by atoms with van der Waals surface area (Å²) in [5, 5.41) is 12.2. The lowest BCUT2D eigenvalue weighted by Gasteiger charge is -2.28. The molecule has 4 nitrogen and oxygen atoms in total. The second-order valence-electron chi connectivity index (χ2n) is 5.37. The number of rotatable bonds is 4. The molecule has 0 atom stereocenters. The van der Waals surface area contributed by atoms with Crippen molar-refractivity contribution in [3.8, 4) is 0 Å². The highest BCUT2D eigenvalue weighted by atomic mass is 19.1. The maximum atomic E-state index is 13.4. The van der Waals surface area contributed by atoms with Gasteiger partial charge in [0.2, 0.25) is 5.91 Å². The number of piperidine rings is 1. The summed E-state index contributed by atoms with van der Waals surface area (Å²) in [6.45, 7) is 3.87. The van der Waals surface area contributed by atoms with Gasteiger partial charge in [0, 0.05) is 19.6 Å². The number of aryl methyl sites for hydroxylation is 1. The van der Waals surface area contributed by atoms with Crippen molar-refractivity contribution in [3.63, 3.8) is 0 Å². The zero-order chi connectivity index (χ0) is 14.5. The lowest BCUT2D eigenvalue weighted by atomic mass is 10.1. The number of aliphatic hydroxyl groups is 1. The predicted molar refractivity (Wildman–Crippen MR) is 74.7 cm³/mol. The second kappa shape index (κ2) is 6.81. The highest BCUT2D eigenvalue weighted by molar-refractivity contribution is 5.78. The van der Waals surface area contributed by atoms with E-state index < -0.39 is 0 Å². The Balaban J connectivity index is 1.76. The molecule has 0 bridgehead atoms. The van der Waals surface area contributed by atoms with Gasteiger partial charge in [-0.05, 0) is 37.0 Å². The van der Waals surface area contributed by atoms with Gasteiger partial charge in [-0.15, -0.1) is 0 Å². The quantitative estimate of drug-likeness (QED) is 0.871. The number of carbonyl (C=O) groups is 1. The Hall–Kier alpha value is -1.46. The minimum absolute atomic E-state index is 0.0672. The zero-order valence-electron chi connectivity index (χ0n) is 11.7. The van der Waals surface area contributed by atoms with Crippen LogP contribution in [0.4, 0.5) is 4.39 Å². The number of aliphatic hydroxyl groups excluding tert-OH is 1. The molecule has 1 aromatic carbocycles.